The van der Waals surface area contributed by atoms with Crippen molar-refractivity contribution in [3.05, 3.63) is 12.7 Å². The Morgan fingerprint density at radius 2 is 2.00 bits per heavy atom. The molecule has 3 atom stereocenters. The highest BCUT2D eigenvalue weighted by Crippen LogP contribution is 2.14. The summed E-state index contributed by atoms with van der Waals surface area (Å²) in [6.07, 6.45) is 2.35. The molecule has 0 spiro atoms. The van der Waals surface area contributed by atoms with Crippen LogP contribution in [-0.2, 0) is 4.79 Å². The third-order valence-electron chi connectivity index (χ3n) is 2.29. The van der Waals surface area contributed by atoms with Gasteiger partial charge in [0.2, 0.25) is 0 Å². The van der Waals surface area contributed by atoms with Gasteiger partial charge in [0.25, 0.3) is 0 Å². The molecule has 0 aliphatic carbocycles. The fourth-order valence-corrected chi connectivity index (χ4v) is 0.966. The molecular formula is C10H18O3. The highest BCUT2D eigenvalue weighted by Gasteiger charge is 2.20. The summed E-state index contributed by atoms with van der Waals surface area (Å²) in [6, 6.07) is 0. The topological polar surface area (TPSA) is 57.5 Å². The summed E-state index contributed by atoms with van der Waals surface area (Å²) >= 11 is 0. The maximum atomic E-state index is 10.5. The summed E-state index contributed by atoms with van der Waals surface area (Å²) < 4.78 is 0. The van der Waals surface area contributed by atoms with Crippen molar-refractivity contribution < 1.29 is 15.0 Å². The Morgan fingerprint density at radius 1 is 1.46 bits per heavy atom. The van der Waals surface area contributed by atoms with Gasteiger partial charge in [0.05, 0.1) is 12.0 Å². The van der Waals surface area contributed by atoms with E-state index in [4.69, 9.17) is 5.11 Å². The second-order valence-electron chi connectivity index (χ2n) is 3.48. The van der Waals surface area contributed by atoms with Gasteiger partial charge in [-0.3, -0.25) is 4.79 Å². The van der Waals surface area contributed by atoms with Crippen LogP contribution in [0.2, 0.25) is 0 Å². The molecule has 0 radical (unpaired) electrons. The van der Waals surface area contributed by atoms with Crippen molar-refractivity contribution in [1.82, 2.24) is 0 Å². The lowest BCUT2D eigenvalue weighted by Gasteiger charge is -2.15. The lowest BCUT2D eigenvalue weighted by Crippen LogP contribution is -2.25. The van der Waals surface area contributed by atoms with Gasteiger partial charge < -0.3 is 10.2 Å². The van der Waals surface area contributed by atoms with Gasteiger partial charge >= 0.3 is 5.97 Å². The molecule has 0 bridgehead atoms. The quantitative estimate of drug-likeness (QED) is 0.620. The van der Waals surface area contributed by atoms with Crippen LogP contribution in [0.5, 0.6) is 0 Å². The van der Waals surface area contributed by atoms with E-state index < -0.39 is 18.0 Å². The molecule has 0 fully saturated rings. The van der Waals surface area contributed by atoms with Crippen molar-refractivity contribution in [2.24, 2.45) is 11.8 Å². The molecule has 3 heteroatoms. The molecule has 0 aromatic heterocycles. The Morgan fingerprint density at radius 3 is 2.38 bits per heavy atom. The van der Waals surface area contributed by atoms with Gasteiger partial charge in [0, 0.05) is 0 Å². The van der Waals surface area contributed by atoms with Crippen LogP contribution in [0.15, 0.2) is 12.7 Å². The maximum absolute atomic E-state index is 10.5. The van der Waals surface area contributed by atoms with Crippen LogP contribution in [0.1, 0.15) is 26.7 Å². The molecule has 0 saturated heterocycles. The zero-order valence-corrected chi connectivity index (χ0v) is 8.23. The smallest absolute Gasteiger partial charge is 0.308 e. The third-order valence-corrected chi connectivity index (χ3v) is 2.29. The van der Waals surface area contributed by atoms with Gasteiger partial charge in [0.1, 0.15) is 0 Å². The number of aliphatic carboxylic acids is 1. The van der Waals surface area contributed by atoms with Gasteiger partial charge in [-0.05, 0) is 25.7 Å². The third kappa shape index (κ3) is 4.68. The van der Waals surface area contributed by atoms with Crippen LogP contribution >= 0.6 is 0 Å². The number of rotatable bonds is 6. The number of hydrogen-bond acceptors (Lipinski definition) is 2. The molecule has 13 heavy (non-hydrogen) atoms. The molecule has 3 nitrogen and oxygen atoms in total. The first-order chi connectivity index (χ1) is 5.99. The van der Waals surface area contributed by atoms with E-state index in [9.17, 15) is 9.90 Å². The van der Waals surface area contributed by atoms with E-state index in [0.717, 1.165) is 6.42 Å². The number of carbonyl (C=O) groups is 1. The molecule has 0 heterocycles. The van der Waals surface area contributed by atoms with E-state index >= 15 is 0 Å². The molecule has 0 aromatic carbocycles. The van der Waals surface area contributed by atoms with Gasteiger partial charge in [0.15, 0.2) is 0 Å². The van der Waals surface area contributed by atoms with E-state index in [0.29, 0.717) is 12.3 Å². The summed E-state index contributed by atoms with van der Waals surface area (Å²) in [5.41, 5.74) is 0. The SMILES string of the molecule is C=C[C@@H](C)CC[C@@H](O)[C@H](C)C(=O)O. The number of allylic oxidation sites excluding steroid dienone is 1. The summed E-state index contributed by atoms with van der Waals surface area (Å²) in [4.78, 5) is 10.5. The van der Waals surface area contributed by atoms with Crippen LogP contribution in [0.3, 0.4) is 0 Å². The molecule has 2 N–H and O–H groups in total. The second-order valence-corrected chi connectivity index (χ2v) is 3.48. The Hall–Kier alpha value is -0.830. The molecule has 0 saturated carbocycles. The minimum Gasteiger partial charge on any atom is -0.481 e. The second kappa shape index (κ2) is 5.75. The lowest BCUT2D eigenvalue weighted by molar-refractivity contribution is -0.145. The molecule has 0 aromatic rings. The Bertz CT molecular complexity index is 177. The van der Waals surface area contributed by atoms with Gasteiger partial charge in [-0.25, -0.2) is 0 Å². The number of aliphatic hydroxyl groups excluding tert-OH is 1. The minimum atomic E-state index is -0.946. The van der Waals surface area contributed by atoms with Gasteiger partial charge in [-0.15, -0.1) is 6.58 Å². The van der Waals surface area contributed by atoms with E-state index in [1.807, 2.05) is 6.92 Å². The predicted molar refractivity (Wildman–Crippen MR) is 51.4 cm³/mol. The van der Waals surface area contributed by atoms with E-state index in [1.54, 1.807) is 6.08 Å². The summed E-state index contributed by atoms with van der Waals surface area (Å²) in [5.74, 6) is -1.30. The first-order valence-electron chi connectivity index (χ1n) is 4.52. The predicted octanol–water partition coefficient (Wildman–Crippen LogP) is 1.67. The normalized spacial score (nSPS) is 17.5. The van der Waals surface area contributed by atoms with Crippen molar-refractivity contribution in [2.75, 3.05) is 0 Å². The molecule has 0 aliphatic rings. The average molecular weight is 186 g/mol. The Balaban J connectivity index is 3.79. The standard InChI is InChI=1S/C10H18O3/c1-4-7(2)5-6-9(11)8(3)10(12)13/h4,7-9,11H,1,5-6H2,2-3H3,(H,12,13)/t7-,8+,9-/m1/s1. The molecule has 0 amide bonds. The highest BCUT2D eigenvalue weighted by molar-refractivity contribution is 5.70. The van der Waals surface area contributed by atoms with Crippen LogP contribution < -0.4 is 0 Å². The fraction of sp³-hybridized carbons (Fsp3) is 0.700. The largest absolute Gasteiger partial charge is 0.481 e. The van der Waals surface area contributed by atoms with Crippen molar-refractivity contribution >= 4 is 5.97 Å². The van der Waals surface area contributed by atoms with Crippen molar-refractivity contribution in [3.63, 3.8) is 0 Å². The Kier molecular flexibility index (Phi) is 5.39. The number of carboxylic acids is 1. The van der Waals surface area contributed by atoms with Crippen molar-refractivity contribution in [2.45, 2.75) is 32.8 Å². The fourth-order valence-electron chi connectivity index (χ4n) is 0.966. The van der Waals surface area contributed by atoms with Crippen LogP contribution in [-0.4, -0.2) is 22.3 Å². The van der Waals surface area contributed by atoms with E-state index in [2.05, 4.69) is 6.58 Å². The van der Waals surface area contributed by atoms with Crippen molar-refractivity contribution in [3.8, 4) is 0 Å². The molecule has 76 valence electrons. The monoisotopic (exact) mass is 186 g/mol. The number of carboxylic acid groups (broad SMARTS) is 1. The number of hydrogen-bond donors (Lipinski definition) is 2. The average Bonchev–Trinajstić information content (AvgIpc) is 2.11. The molecular weight excluding hydrogens is 168 g/mol. The first-order valence-corrected chi connectivity index (χ1v) is 4.52. The zero-order valence-electron chi connectivity index (χ0n) is 8.23. The van der Waals surface area contributed by atoms with E-state index in [-0.39, 0.29) is 0 Å². The molecule has 0 unspecified atom stereocenters. The maximum Gasteiger partial charge on any atom is 0.308 e. The summed E-state index contributed by atoms with van der Waals surface area (Å²) in [6.45, 7) is 7.13. The zero-order chi connectivity index (χ0) is 10.4. The minimum absolute atomic E-state index is 0.329. The molecule has 0 rings (SSSR count). The highest BCUT2D eigenvalue weighted by atomic mass is 16.4. The number of aliphatic hydroxyl groups is 1. The van der Waals surface area contributed by atoms with Crippen molar-refractivity contribution in [1.29, 1.82) is 0 Å². The van der Waals surface area contributed by atoms with Gasteiger partial charge in [-0.2, -0.15) is 0 Å². The lowest BCUT2D eigenvalue weighted by atomic mass is 9.96. The van der Waals surface area contributed by atoms with Crippen LogP contribution in [0.25, 0.3) is 0 Å². The van der Waals surface area contributed by atoms with Crippen LogP contribution in [0, 0.1) is 11.8 Å². The van der Waals surface area contributed by atoms with E-state index in [1.165, 1.54) is 6.92 Å². The summed E-state index contributed by atoms with van der Waals surface area (Å²) in [5, 5.41) is 18.0. The Labute approximate surface area is 79.1 Å². The van der Waals surface area contributed by atoms with Crippen LogP contribution in [0.4, 0.5) is 0 Å². The summed E-state index contributed by atoms with van der Waals surface area (Å²) in [7, 11) is 0. The molecule has 0 aliphatic heterocycles. The van der Waals surface area contributed by atoms with Gasteiger partial charge in [-0.1, -0.05) is 13.0 Å². The first kappa shape index (κ1) is 12.2.